The summed E-state index contributed by atoms with van der Waals surface area (Å²) in [5, 5.41) is 10.7. The van der Waals surface area contributed by atoms with Gasteiger partial charge in [0.1, 0.15) is 5.82 Å². The van der Waals surface area contributed by atoms with Crippen LogP contribution in [-0.4, -0.2) is 28.6 Å². The number of rotatable bonds is 4. The highest BCUT2D eigenvalue weighted by molar-refractivity contribution is 5.22. The third kappa shape index (κ3) is 2.98. The lowest BCUT2D eigenvalue weighted by Gasteiger charge is -2.46. The second-order valence-corrected chi connectivity index (χ2v) is 5.72. The van der Waals surface area contributed by atoms with Crippen LogP contribution in [0.25, 0.3) is 0 Å². The summed E-state index contributed by atoms with van der Waals surface area (Å²) in [4.78, 5) is 2.37. The van der Waals surface area contributed by atoms with Gasteiger partial charge in [0.05, 0.1) is 6.10 Å². The first-order valence-electron chi connectivity index (χ1n) is 7.26. The molecule has 1 heterocycles. The molecular weight excluding hydrogens is 241 g/mol. The van der Waals surface area contributed by atoms with Gasteiger partial charge in [0, 0.05) is 5.54 Å². The van der Waals surface area contributed by atoms with Crippen molar-refractivity contribution in [1.29, 1.82) is 0 Å². The largest absolute Gasteiger partial charge is 0.386 e. The summed E-state index contributed by atoms with van der Waals surface area (Å²) >= 11 is 0. The van der Waals surface area contributed by atoms with Gasteiger partial charge in [0.25, 0.3) is 0 Å². The van der Waals surface area contributed by atoms with Gasteiger partial charge in [-0.3, -0.25) is 4.90 Å². The smallest absolute Gasteiger partial charge is 0.123 e. The van der Waals surface area contributed by atoms with Crippen LogP contribution in [-0.2, 0) is 0 Å². The minimum atomic E-state index is -0.647. The molecule has 2 atom stereocenters. The van der Waals surface area contributed by atoms with Gasteiger partial charge in [0.2, 0.25) is 0 Å². The van der Waals surface area contributed by atoms with E-state index in [4.69, 9.17) is 0 Å². The Morgan fingerprint density at radius 1 is 1.32 bits per heavy atom. The van der Waals surface area contributed by atoms with Gasteiger partial charge >= 0.3 is 0 Å². The predicted molar refractivity (Wildman–Crippen MR) is 75.5 cm³/mol. The molecule has 1 N–H and O–H groups in total. The lowest BCUT2D eigenvalue weighted by molar-refractivity contribution is -0.0353. The molecule has 0 aliphatic carbocycles. The topological polar surface area (TPSA) is 23.5 Å². The van der Waals surface area contributed by atoms with E-state index < -0.39 is 6.10 Å². The highest BCUT2D eigenvalue weighted by atomic mass is 19.1. The van der Waals surface area contributed by atoms with Crippen molar-refractivity contribution in [3.63, 3.8) is 0 Å². The van der Waals surface area contributed by atoms with Gasteiger partial charge in [0.15, 0.2) is 0 Å². The van der Waals surface area contributed by atoms with Crippen molar-refractivity contribution >= 4 is 0 Å². The molecule has 0 saturated carbocycles. The summed E-state index contributed by atoms with van der Waals surface area (Å²) in [7, 11) is 0. The molecule has 106 valence electrons. The zero-order chi connectivity index (χ0) is 13.9. The number of halogens is 1. The zero-order valence-corrected chi connectivity index (χ0v) is 11.9. The van der Waals surface area contributed by atoms with Crippen molar-refractivity contribution in [3.8, 4) is 0 Å². The molecular formula is C16H24FNO. The average Bonchev–Trinajstić information content (AvgIpc) is 2.46. The van der Waals surface area contributed by atoms with Crippen LogP contribution in [0.15, 0.2) is 24.3 Å². The van der Waals surface area contributed by atoms with Crippen LogP contribution in [0.3, 0.4) is 0 Å². The summed E-state index contributed by atoms with van der Waals surface area (Å²) < 4.78 is 13.3. The standard InChI is InChI=1S/C16H24FNO/c1-3-16(2,18-10-5-4-6-11-18)15(19)13-8-7-9-14(17)12-13/h7-9,12,15,19H,3-6,10-11H2,1-2H3. The van der Waals surface area contributed by atoms with E-state index in [2.05, 4.69) is 18.7 Å². The minimum Gasteiger partial charge on any atom is -0.386 e. The Bertz CT molecular complexity index is 417. The van der Waals surface area contributed by atoms with E-state index in [1.807, 2.05) is 6.07 Å². The minimum absolute atomic E-state index is 0.284. The number of hydrogen-bond acceptors (Lipinski definition) is 2. The zero-order valence-electron chi connectivity index (χ0n) is 11.9. The maximum Gasteiger partial charge on any atom is 0.123 e. The SMILES string of the molecule is CCC(C)(C(O)c1cccc(F)c1)N1CCCCC1. The summed E-state index contributed by atoms with van der Waals surface area (Å²) in [6, 6.07) is 6.34. The molecule has 19 heavy (non-hydrogen) atoms. The van der Waals surface area contributed by atoms with Crippen LogP contribution in [0.1, 0.15) is 51.2 Å². The first kappa shape index (κ1) is 14.5. The summed E-state index contributed by atoms with van der Waals surface area (Å²) in [5.74, 6) is -0.284. The van der Waals surface area contributed by atoms with E-state index in [9.17, 15) is 9.50 Å². The van der Waals surface area contributed by atoms with Gasteiger partial charge < -0.3 is 5.11 Å². The van der Waals surface area contributed by atoms with Crippen molar-refractivity contribution in [2.45, 2.75) is 51.2 Å². The van der Waals surface area contributed by atoms with E-state index in [-0.39, 0.29) is 11.4 Å². The molecule has 2 nitrogen and oxygen atoms in total. The van der Waals surface area contributed by atoms with E-state index in [0.717, 1.165) is 19.5 Å². The highest BCUT2D eigenvalue weighted by Gasteiger charge is 2.38. The maximum absolute atomic E-state index is 13.3. The first-order valence-corrected chi connectivity index (χ1v) is 7.26. The molecule has 1 aromatic carbocycles. The molecule has 1 aliphatic heterocycles. The Labute approximate surface area is 115 Å². The number of hydrogen-bond donors (Lipinski definition) is 1. The molecule has 0 spiro atoms. The van der Waals surface area contributed by atoms with Gasteiger partial charge in [-0.05, 0) is 57.0 Å². The van der Waals surface area contributed by atoms with Crippen molar-refractivity contribution in [1.82, 2.24) is 4.90 Å². The Hall–Kier alpha value is -0.930. The van der Waals surface area contributed by atoms with E-state index in [1.54, 1.807) is 6.07 Å². The Morgan fingerprint density at radius 3 is 2.58 bits per heavy atom. The monoisotopic (exact) mass is 265 g/mol. The third-order valence-corrected chi connectivity index (χ3v) is 4.55. The van der Waals surface area contributed by atoms with Crippen molar-refractivity contribution in [2.24, 2.45) is 0 Å². The van der Waals surface area contributed by atoms with Gasteiger partial charge in [-0.2, -0.15) is 0 Å². The normalized spacial score (nSPS) is 21.9. The van der Waals surface area contributed by atoms with Crippen LogP contribution < -0.4 is 0 Å². The van der Waals surface area contributed by atoms with Crippen LogP contribution >= 0.6 is 0 Å². The highest BCUT2D eigenvalue weighted by Crippen LogP contribution is 2.36. The van der Waals surface area contributed by atoms with E-state index in [1.165, 1.54) is 31.4 Å². The van der Waals surface area contributed by atoms with Crippen molar-refractivity contribution in [3.05, 3.63) is 35.6 Å². The van der Waals surface area contributed by atoms with Crippen molar-refractivity contribution < 1.29 is 9.50 Å². The predicted octanol–water partition coefficient (Wildman–Crippen LogP) is 3.51. The second kappa shape index (κ2) is 6.02. The number of likely N-dealkylation sites (tertiary alicyclic amines) is 1. The summed E-state index contributed by atoms with van der Waals surface area (Å²) in [6.07, 6.45) is 3.85. The summed E-state index contributed by atoms with van der Waals surface area (Å²) in [6.45, 7) is 6.23. The molecule has 0 amide bonds. The maximum atomic E-state index is 13.3. The van der Waals surface area contributed by atoms with Gasteiger partial charge in [-0.25, -0.2) is 4.39 Å². The first-order chi connectivity index (χ1) is 9.08. The molecule has 0 bridgehead atoms. The summed E-state index contributed by atoms with van der Waals surface area (Å²) in [5.41, 5.74) is 0.365. The fourth-order valence-corrected chi connectivity index (χ4v) is 3.03. The second-order valence-electron chi connectivity index (χ2n) is 5.72. The molecule has 2 unspecified atom stereocenters. The molecule has 0 radical (unpaired) electrons. The number of piperidine rings is 1. The Kier molecular flexibility index (Phi) is 4.58. The van der Waals surface area contributed by atoms with Crippen LogP contribution in [0, 0.1) is 5.82 Å². The molecule has 1 aromatic rings. The lowest BCUT2D eigenvalue weighted by Crippen LogP contribution is -2.52. The average molecular weight is 265 g/mol. The molecule has 1 fully saturated rings. The van der Waals surface area contributed by atoms with Gasteiger partial charge in [-0.1, -0.05) is 25.5 Å². The fraction of sp³-hybridized carbons (Fsp3) is 0.625. The van der Waals surface area contributed by atoms with Crippen LogP contribution in [0.4, 0.5) is 4.39 Å². The number of benzene rings is 1. The van der Waals surface area contributed by atoms with Gasteiger partial charge in [-0.15, -0.1) is 0 Å². The van der Waals surface area contributed by atoms with Crippen molar-refractivity contribution in [2.75, 3.05) is 13.1 Å². The Morgan fingerprint density at radius 2 is 2.00 bits per heavy atom. The number of nitrogens with zero attached hydrogens (tertiary/aromatic N) is 1. The molecule has 3 heteroatoms. The lowest BCUT2D eigenvalue weighted by atomic mass is 9.84. The van der Waals surface area contributed by atoms with E-state index in [0.29, 0.717) is 5.56 Å². The fourth-order valence-electron chi connectivity index (χ4n) is 3.03. The molecule has 2 rings (SSSR count). The quantitative estimate of drug-likeness (QED) is 0.900. The van der Waals surface area contributed by atoms with Crippen LogP contribution in [0.5, 0.6) is 0 Å². The number of aliphatic hydroxyl groups is 1. The Balaban J connectivity index is 2.24. The van der Waals surface area contributed by atoms with E-state index >= 15 is 0 Å². The third-order valence-electron chi connectivity index (χ3n) is 4.55. The van der Waals surface area contributed by atoms with Crippen LogP contribution in [0.2, 0.25) is 0 Å². The molecule has 0 aromatic heterocycles. The molecule has 1 aliphatic rings. The number of aliphatic hydroxyl groups excluding tert-OH is 1. The molecule has 1 saturated heterocycles.